The number of halogens is 2. The SMILES string of the molecule is CO/N=C(\Cc1cccc(Cl)c1)C(=O)NCCSSCCNC(=O)/C(Cc1cccc(Cl)c1)=N/OC. The van der Waals surface area contributed by atoms with E-state index in [9.17, 15) is 9.59 Å². The Bertz CT molecular complexity index is 986. The molecule has 0 fully saturated rings. The minimum atomic E-state index is -0.292. The minimum absolute atomic E-state index is 0.270. The van der Waals surface area contributed by atoms with Gasteiger partial charge in [0.1, 0.15) is 25.6 Å². The van der Waals surface area contributed by atoms with Crippen LogP contribution in [0.4, 0.5) is 0 Å². The minimum Gasteiger partial charge on any atom is -0.399 e. The van der Waals surface area contributed by atoms with Gasteiger partial charge in [0.2, 0.25) is 0 Å². The quantitative estimate of drug-likeness (QED) is 0.142. The lowest BCUT2D eigenvalue weighted by Crippen LogP contribution is -2.34. The van der Waals surface area contributed by atoms with Gasteiger partial charge < -0.3 is 20.3 Å². The van der Waals surface area contributed by atoms with E-state index in [4.69, 9.17) is 32.9 Å². The van der Waals surface area contributed by atoms with Crippen molar-refractivity contribution in [2.45, 2.75) is 12.8 Å². The highest BCUT2D eigenvalue weighted by molar-refractivity contribution is 8.76. The Morgan fingerprint density at radius 2 is 1.19 bits per heavy atom. The summed E-state index contributed by atoms with van der Waals surface area (Å²) in [5.41, 5.74) is 2.27. The second-order valence-corrected chi connectivity index (χ2v) is 10.8. The predicted octanol–water partition coefficient (Wildman–Crippen LogP) is 4.40. The summed E-state index contributed by atoms with van der Waals surface area (Å²) in [6.45, 7) is 0.927. The van der Waals surface area contributed by atoms with Crippen LogP contribution in [0.5, 0.6) is 0 Å². The van der Waals surface area contributed by atoms with E-state index in [0.717, 1.165) is 11.1 Å². The number of oxime groups is 2. The van der Waals surface area contributed by atoms with Crippen molar-refractivity contribution < 1.29 is 19.3 Å². The van der Waals surface area contributed by atoms with Gasteiger partial charge in [-0.25, -0.2) is 0 Å². The largest absolute Gasteiger partial charge is 0.399 e. The zero-order valence-corrected chi connectivity index (χ0v) is 23.1. The van der Waals surface area contributed by atoms with Crippen LogP contribution >= 0.6 is 44.8 Å². The molecule has 0 aromatic heterocycles. The molecule has 0 aliphatic carbocycles. The first-order chi connectivity index (χ1) is 17.4. The van der Waals surface area contributed by atoms with Gasteiger partial charge in [-0.1, -0.05) is 79.4 Å². The van der Waals surface area contributed by atoms with E-state index in [2.05, 4.69) is 20.9 Å². The van der Waals surface area contributed by atoms with E-state index in [-0.39, 0.29) is 23.2 Å². The van der Waals surface area contributed by atoms with E-state index >= 15 is 0 Å². The Morgan fingerprint density at radius 3 is 1.56 bits per heavy atom. The molecule has 0 saturated heterocycles. The second kappa shape index (κ2) is 17.1. The van der Waals surface area contributed by atoms with E-state index in [1.54, 1.807) is 45.9 Å². The van der Waals surface area contributed by atoms with Crippen molar-refractivity contribution >= 4 is 68.0 Å². The summed E-state index contributed by atoms with van der Waals surface area (Å²) >= 11 is 12.0. The average molecular weight is 572 g/mol. The van der Waals surface area contributed by atoms with Crippen molar-refractivity contribution in [1.82, 2.24) is 10.6 Å². The molecule has 0 heterocycles. The number of hydrogen-bond acceptors (Lipinski definition) is 8. The summed E-state index contributed by atoms with van der Waals surface area (Å²) in [7, 11) is 5.99. The summed E-state index contributed by atoms with van der Waals surface area (Å²) in [4.78, 5) is 34.5. The highest BCUT2D eigenvalue weighted by Gasteiger charge is 2.14. The van der Waals surface area contributed by atoms with Crippen LogP contribution in [0, 0.1) is 0 Å². The number of benzene rings is 2. The second-order valence-electron chi connectivity index (χ2n) is 7.21. The number of rotatable bonds is 15. The van der Waals surface area contributed by atoms with E-state index < -0.39 is 0 Å². The number of amides is 2. The summed E-state index contributed by atoms with van der Waals surface area (Å²) in [6, 6.07) is 14.5. The molecule has 2 aromatic carbocycles. The number of carbonyl (C=O) groups is 2. The van der Waals surface area contributed by atoms with Gasteiger partial charge in [0.25, 0.3) is 11.8 Å². The normalized spacial score (nSPS) is 11.7. The van der Waals surface area contributed by atoms with E-state index in [1.807, 2.05) is 24.3 Å². The van der Waals surface area contributed by atoms with Crippen molar-refractivity contribution in [3.63, 3.8) is 0 Å². The highest BCUT2D eigenvalue weighted by Crippen LogP contribution is 2.19. The molecule has 0 aliphatic rings. The average Bonchev–Trinajstić information content (AvgIpc) is 2.85. The third-order valence-corrected chi connectivity index (χ3v) is 7.35. The highest BCUT2D eigenvalue weighted by atomic mass is 35.5. The Labute approximate surface area is 228 Å². The smallest absolute Gasteiger partial charge is 0.269 e. The lowest BCUT2D eigenvalue weighted by molar-refractivity contribution is -0.115. The van der Waals surface area contributed by atoms with Gasteiger partial charge >= 0.3 is 0 Å². The molecule has 2 amide bonds. The van der Waals surface area contributed by atoms with Crippen LogP contribution in [0.3, 0.4) is 0 Å². The molecule has 0 saturated carbocycles. The zero-order valence-electron chi connectivity index (χ0n) is 20.0. The molecule has 0 spiro atoms. The van der Waals surface area contributed by atoms with Crippen LogP contribution in [0.2, 0.25) is 10.0 Å². The number of nitrogens with one attached hydrogen (secondary N) is 2. The Morgan fingerprint density at radius 1 is 0.778 bits per heavy atom. The maximum atomic E-state index is 12.5. The van der Waals surface area contributed by atoms with Crippen LogP contribution in [0.1, 0.15) is 11.1 Å². The summed E-state index contributed by atoms with van der Waals surface area (Å²) in [6.07, 6.45) is 0.626. The Balaban J connectivity index is 1.65. The molecule has 2 N–H and O–H groups in total. The fourth-order valence-electron chi connectivity index (χ4n) is 2.94. The first kappa shape index (κ1) is 29.8. The zero-order chi connectivity index (χ0) is 26.2. The van der Waals surface area contributed by atoms with Gasteiger partial charge in [-0.05, 0) is 35.4 Å². The molecule has 194 valence electrons. The van der Waals surface area contributed by atoms with Crippen molar-refractivity contribution in [1.29, 1.82) is 0 Å². The number of nitrogens with zero attached hydrogens (tertiary/aromatic N) is 2. The first-order valence-corrected chi connectivity index (χ1v) is 14.2. The summed E-state index contributed by atoms with van der Waals surface area (Å²) < 4.78 is 0. The van der Waals surface area contributed by atoms with Gasteiger partial charge in [-0.15, -0.1) is 0 Å². The fourth-order valence-corrected chi connectivity index (χ4v) is 5.18. The third-order valence-electron chi connectivity index (χ3n) is 4.47. The van der Waals surface area contributed by atoms with E-state index in [1.165, 1.54) is 14.2 Å². The van der Waals surface area contributed by atoms with Gasteiger partial charge in [0.15, 0.2) is 0 Å². The number of hydrogen-bond donors (Lipinski definition) is 2. The van der Waals surface area contributed by atoms with Crippen LogP contribution < -0.4 is 10.6 Å². The van der Waals surface area contributed by atoms with Crippen LogP contribution in [0.25, 0.3) is 0 Å². The van der Waals surface area contributed by atoms with E-state index in [0.29, 0.717) is 47.5 Å². The molecular weight excluding hydrogens is 543 g/mol. The Kier molecular flexibility index (Phi) is 14.2. The third kappa shape index (κ3) is 11.6. The molecule has 0 unspecified atom stereocenters. The van der Waals surface area contributed by atoms with Gasteiger partial charge in [0.05, 0.1) is 0 Å². The molecule has 0 radical (unpaired) electrons. The maximum Gasteiger partial charge on any atom is 0.269 e. The van der Waals surface area contributed by atoms with Gasteiger partial charge in [-0.3, -0.25) is 9.59 Å². The van der Waals surface area contributed by atoms with Crippen molar-refractivity contribution in [2.75, 3.05) is 38.8 Å². The van der Waals surface area contributed by atoms with Crippen molar-refractivity contribution in [3.8, 4) is 0 Å². The van der Waals surface area contributed by atoms with Crippen LogP contribution in [0.15, 0.2) is 58.8 Å². The Hall–Kier alpha value is -2.40. The summed E-state index contributed by atoms with van der Waals surface area (Å²) in [5.74, 6) is 0.790. The number of carbonyl (C=O) groups excluding carboxylic acids is 2. The van der Waals surface area contributed by atoms with Crippen molar-refractivity contribution in [2.24, 2.45) is 10.3 Å². The topological polar surface area (TPSA) is 101 Å². The molecular formula is C24H28Cl2N4O4S2. The predicted molar refractivity (Wildman–Crippen MR) is 150 cm³/mol. The summed E-state index contributed by atoms with van der Waals surface area (Å²) in [5, 5.41) is 14.6. The molecule has 0 bridgehead atoms. The lowest BCUT2D eigenvalue weighted by atomic mass is 10.1. The molecule has 8 nitrogen and oxygen atoms in total. The monoisotopic (exact) mass is 570 g/mol. The van der Waals surface area contributed by atoms with Crippen LogP contribution in [-0.4, -0.2) is 62.1 Å². The van der Waals surface area contributed by atoms with Gasteiger partial charge in [0, 0.05) is 47.5 Å². The van der Waals surface area contributed by atoms with Gasteiger partial charge in [-0.2, -0.15) is 0 Å². The molecule has 12 heteroatoms. The standard InChI is InChI=1S/C24H28Cl2N4O4S2/c1-33-29-21(15-17-5-3-7-19(25)13-17)23(31)27-9-11-35-36-12-10-28-24(32)22(30-34-2)16-18-6-4-8-20(26)14-18/h3-8,13-14H,9-12,15-16H2,1-2H3,(H,27,31)(H,28,32)/b29-21+,30-22+. The van der Waals surface area contributed by atoms with Crippen LogP contribution in [-0.2, 0) is 32.1 Å². The maximum absolute atomic E-state index is 12.5. The molecule has 36 heavy (non-hydrogen) atoms. The molecule has 2 aromatic rings. The first-order valence-electron chi connectivity index (χ1n) is 10.9. The van der Waals surface area contributed by atoms with Crippen molar-refractivity contribution in [3.05, 3.63) is 69.7 Å². The fraction of sp³-hybridized carbons (Fsp3) is 0.333. The molecule has 0 atom stereocenters. The molecule has 2 rings (SSSR count). The molecule has 0 aliphatic heterocycles. The lowest BCUT2D eigenvalue weighted by Gasteiger charge is -2.09.